The highest BCUT2D eigenvalue weighted by Gasteiger charge is 2.17. The number of hydrogen-bond acceptors (Lipinski definition) is 4. The molecule has 0 atom stereocenters. The monoisotopic (exact) mass is 328 g/mol. The summed E-state index contributed by atoms with van der Waals surface area (Å²) < 4.78 is 20.6. The molecule has 6 nitrogen and oxygen atoms in total. The van der Waals surface area contributed by atoms with Gasteiger partial charge >= 0.3 is 5.69 Å². The van der Waals surface area contributed by atoms with E-state index in [0.29, 0.717) is 0 Å². The second-order valence-corrected chi connectivity index (χ2v) is 5.30. The van der Waals surface area contributed by atoms with Crippen molar-refractivity contribution < 1.29 is 13.6 Å². The van der Waals surface area contributed by atoms with Crippen LogP contribution in [0.25, 0.3) is 11.3 Å². The number of aromatic nitrogens is 2. The van der Waals surface area contributed by atoms with Crippen LogP contribution in [0.1, 0.15) is 16.1 Å². The largest absolute Gasteiger partial charge is 0.452 e. The number of benzene rings is 1. The summed E-state index contributed by atoms with van der Waals surface area (Å²) in [5, 5.41) is 0. The van der Waals surface area contributed by atoms with Crippen LogP contribution in [0.3, 0.4) is 0 Å². The first-order chi connectivity index (χ1) is 11.4. The summed E-state index contributed by atoms with van der Waals surface area (Å²) >= 11 is 0. The van der Waals surface area contributed by atoms with Gasteiger partial charge in [-0.05, 0) is 36.4 Å². The van der Waals surface area contributed by atoms with Gasteiger partial charge in [0.05, 0.1) is 5.56 Å². The van der Waals surface area contributed by atoms with Gasteiger partial charge in [0, 0.05) is 25.9 Å². The van der Waals surface area contributed by atoms with Crippen molar-refractivity contribution in [1.29, 1.82) is 0 Å². The Morgan fingerprint density at radius 2 is 1.71 bits per heavy atom. The molecule has 0 spiro atoms. The van der Waals surface area contributed by atoms with Crippen molar-refractivity contribution in [1.82, 2.24) is 9.13 Å². The summed E-state index contributed by atoms with van der Waals surface area (Å²) in [6.07, 6.45) is 1.36. The van der Waals surface area contributed by atoms with E-state index in [1.54, 1.807) is 0 Å². The molecule has 0 N–H and O–H groups in total. The number of carbonyl (C=O) groups excluding carboxylic acids is 1. The van der Waals surface area contributed by atoms with Crippen molar-refractivity contribution in [3.63, 3.8) is 0 Å². The lowest BCUT2D eigenvalue weighted by molar-refractivity contribution is 0.101. The summed E-state index contributed by atoms with van der Waals surface area (Å²) in [6.45, 7) is 0. The van der Waals surface area contributed by atoms with Crippen molar-refractivity contribution in [2.75, 3.05) is 0 Å². The number of nitrogens with zero attached hydrogens (tertiary/aromatic N) is 2. The number of aryl methyl sites for hydroxylation is 1. The Labute approximate surface area is 135 Å². The Bertz CT molecular complexity index is 1040. The molecule has 3 aromatic rings. The third-order valence-corrected chi connectivity index (χ3v) is 3.65. The molecule has 0 saturated heterocycles. The molecular formula is C17H13FN2O4. The van der Waals surface area contributed by atoms with E-state index in [9.17, 15) is 18.8 Å². The average molecular weight is 328 g/mol. The molecule has 2 heterocycles. The second kappa shape index (κ2) is 5.77. The molecule has 1 aromatic carbocycles. The molecule has 0 amide bonds. The molecule has 0 aliphatic rings. The molecule has 0 aliphatic carbocycles. The third-order valence-electron chi connectivity index (χ3n) is 3.65. The summed E-state index contributed by atoms with van der Waals surface area (Å²) in [7, 11) is 2.88. The molecule has 24 heavy (non-hydrogen) atoms. The smallest absolute Gasteiger partial charge is 0.330 e. The van der Waals surface area contributed by atoms with Gasteiger partial charge in [-0.3, -0.25) is 14.2 Å². The number of rotatable bonds is 3. The van der Waals surface area contributed by atoms with Crippen LogP contribution in [-0.2, 0) is 14.1 Å². The number of ketones is 1. The Kier molecular flexibility index (Phi) is 3.76. The predicted molar refractivity (Wildman–Crippen MR) is 84.5 cm³/mol. The minimum absolute atomic E-state index is 0.0208. The number of carbonyl (C=O) groups is 1. The lowest BCUT2D eigenvalue weighted by atomic mass is 10.1. The van der Waals surface area contributed by atoms with E-state index in [4.69, 9.17) is 4.42 Å². The van der Waals surface area contributed by atoms with E-state index in [0.717, 1.165) is 4.57 Å². The molecule has 0 unspecified atom stereocenters. The number of halogens is 1. The minimum Gasteiger partial charge on any atom is -0.452 e. The van der Waals surface area contributed by atoms with Gasteiger partial charge in [0.2, 0.25) is 5.78 Å². The van der Waals surface area contributed by atoms with Crippen LogP contribution >= 0.6 is 0 Å². The molecule has 0 bridgehead atoms. The maximum absolute atomic E-state index is 12.9. The van der Waals surface area contributed by atoms with Crippen molar-refractivity contribution >= 4 is 5.78 Å². The average Bonchev–Trinajstić information content (AvgIpc) is 3.06. The molecule has 0 saturated carbocycles. The van der Waals surface area contributed by atoms with Crippen molar-refractivity contribution in [3.8, 4) is 11.3 Å². The molecule has 122 valence electrons. The van der Waals surface area contributed by atoms with Gasteiger partial charge in [0.15, 0.2) is 5.76 Å². The molecule has 2 aromatic heterocycles. The molecule has 7 heteroatoms. The van der Waals surface area contributed by atoms with Crippen LogP contribution in [0.15, 0.2) is 56.6 Å². The molecule has 3 rings (SSSR count). The minimum atomic E-state index is -0.520. The van der Waals surface area contributed by atoms with E-state index in [1.165, 1.54) is 61.3 Å². The van der Waals surface area contributed by atoms with Crippen LogP contribution in [0.2, 0.25) is 0 Å². The molecule has 0 radical (unpaired) electrons. The predicted octanol–water partition coefficient (Wildman–Crippen LogP) is 1.71. The first-order valence-corrected chi connectivity index (χ1v) is 7.05. The van der Waals surface area contributed by atoms with Crippen LogP contribution in [0, 0.1) is 5.82 Å². The van der Waals surface area contributed by atoms with Gasteiger partial charge in [-0.2, -0.15) is 0 Å². The molecule has 0 fully saturated rings. The van der Waals surface area contributed by atoms with Crippen LogP contribution < -0.4 is 11.2 Å². The van der Waals surface area contributed by atoms with Crippen molar-refractivity contribution in [3.05, 3.63) is 80.6 Å². The van der Waals surface area contributed by atoms with Crippen molar-refractivity contribution in [2.45, 2.75) is 0 Å². The topological polar surface area (TPSA) is 74.2 Å². The third kappa shape index (κ3) is 2.60. The highest BCUT2D eigenvalue weighted by molar-refractivity contribution is 6.07. The first kappa shape index (κ1) is 15.7. The van der Waals surface area contributed by atoms with Gasteiger partial charge in [-0.1, -0.05) is 0 Å². The molecule has 0 aliphatic heterocycles. The zero-order valence-corrected chi connectivity index (χ0v) is 12.9. The van der Waals surface area contributed by atoms with E-state index in [-0.39, 0.29) is 22.6 Å². The summed E-state index contributed by atoms with van der Waals surface area (Å²) in [5.74, 6) is -0.674. The first-order valence-electron chi connectivity index (χ1n) is 7.05. The van der Waals surface area contributed by atoms with Gasteiger partial charge < -0.3 is 8.98 Å². The van der Waals surface area contributed by atoms with Gasteiger partial charge in [-0.15, -0.1) is 0 Å². The van der Waals surface area contributed by atoms with Crippen LogP contribution in [-0.4, -0.2) is 14.9 Å². The van der Waals surface area contributed by atoms with Crippen LogP contribution in [0.5, 0.6) is 0 Å². The maximum atomic E-state index is 12.9. The fourth-order valence-corrected chi connectivity index (χ4v) is 2.33. The fourth-order valence-electron chi connectivity index (χ4n) is 2.33. The Morgan fingerprint density at radius 1 is 1.04 bits per heavy atom. The standard InChI is InChI=1S/C17H13FN2O4/c1-19-9-12(16(22)20(2)17(19)23)13-7-8-14(24-13)15(21)10-3-5-11(18)6-4-10/h3-9H,1-2H3. The maximum Gasteiger partial charge on any atom is 0.330 e. The van der Waals surface area contributed by atoms with Gasteiger partial charge in [0.1, 0.15) is 11.6 Å². The Morgan fingerprint density at radius 3 is 2.38 bits per heavy atom. The second-order valence-electron chi connectivity index (χ2n) is 5.30. The van der Waals surface area contributed by atoms with Crippen molar-refractivity contribution in [2.24, 2.45) is 14.1 Å². The fraction of sp³-hybridized carbons (Fsp3) is 0.118. The zero-order valence-electron chi connectivity index (χ0n) is 12.9. The summed E-state index contributed by atoms with van der Waals surface area (Å²) in [6, 6.07) is 7.99. The summed E-state index contributed by atoms with van der Waals surface area (Å²) in [4.78, 5) is 36.2. The van der Waals surface area contributed by atoms with Crippen LogP contribution in [0.4, 0.5) is 4.39 Å². The Balaban J connectivity index is 2.03. The van der Waals surface area contributed by atoms with E-state index >= 15 is 0 Å². The number of furan rings is 1. The lowest BCUT2D eigenvalue weighted by Gasteiger charge is -2.04. The number of hydrogen-bond donors (Lipinski definition) is 0. The van der Waals surface area contributed by atoms with E-state index < -0.39 is 22.8 Å². The van der Waals surface area contributed by atoms with E-state index in [1.807, 2.05) is 0 Å². The van der Waals surface area contributed by atoms with E-state index in [2.05, 4.69) is 0 Å². The Hall–Kier alpha value is -3.22. The summed E-state index contributed by atoms with van der Waals surface area (Å²) in [5.41, 5.74) is -0.547. The molecular weight excluding hydrogens is 315 g/mol. The van der Waals surface area contributed by atoms with Gasteiger partial charge in [0.25, 0.3) is 5.56 Å². The highest BCUT2D eigenvalue weighted by Crippen LogP contribution is 2.20. The highest BCUT2D eigenvalue weighted by atomic mass is 19.1. The SMILES string of the molecule is Cn1cc(-c2ccc(C(=O)c3ccc(F)cc3)o2)c(=O)n(C)c1=O. The normalized spacial score (nSPS) is 10.8. The lowest BCUT2D eigenvalue weighted by Crippen LogP contribution is -2.37. The zero-order chi connectivity index (χ0) is 17.4. The quantitative estimate of drug-likeness (QED) is 0.686. The van der Waals surface area contributed by atoms with Gasteiger partial charge in [-0.25, -0.2) is 9.18 Å².